The second-order valence-corrected chi connectivity index (χ2v) is 7.40. The van der Waals surface area contributed by atoms with E-state index in [-0.39, 0.29) is 5.69 Å². The molecule has 1 saturated heterocycles. The van der Waals surface area contributed by atoms with Crippen molar-refractivity contribution >= 4 is 40.5 Å². The first-order chi connectivity index (χ1) is 12.1. The van der Waals surface area contributed by atoms with E-state index in [0.29, 0.717) is 13.0 Å². The van der Waals surface area contributed by atoms with Crippen molar-refractivity contribution in [1.29, 1.82) is 0 Å². The number of piperidine rings is 1. The standard InChI is InChI=1S/C16H17N3O4S2/c17-14(21)11-4-1-2-6-19(11)13(20)8-23-16(22)10-9-25-15(18-10)12-5-3-7-24-12/h3,5,7,9,11H,1-2,4,6,8H2,(H2,17,21)/t11-/m0/s1. The van der Waals surface area contributed by atoms with Gasteiger partial charge in [-0.15, -0.1) is 22.7 Å². The molecule has 0 aliphatic carbocycles. The topological polar surface area (TPSA) is 103 Å². The number of esters is 1. The van der Waals surface area contributed by atoms with Crippen LogP contribution in [0.1, 0.15) is 29.8 Å². The molecular formula is C16H17N3O4S2. The maximum atomic E-state index is 12.3. The van der Waals surface area contributed by atoms with Crippen molar-refractivity contribution in [2.75, 3.05) is 13.2 Å². The van der Waals surface area contributed by atoms with E-state index in [2.05, 4.69) is 4.98 Å². The number of primary amides is 1. The van der Waals surface area contributed by atoms with Gasteiger partial charge in [-0.2, -0.15) is 0 Å². The molecule has 0 bridgehead atoms. The van der Waals surface area contributed by atoms with Crippen LogP contribution in [0.2, 0.25) is 0 Å². The number of nitrogens with zero attached hydrogens (tertiary/aromatic N) is 2. The largest absolute Gasteiger partial charge is 0.451 e. The van der Waals surface area contributed by atoms with E-state index in [1.165, 1.54) is 27.6 Å². The summed E-state index contributed by atoms with van der Waals surface area (Å²) >= 11 is 2.88. The Morgan fingerprint density at radius 2 is 2.16 bits per heavy atom. The molecular weight excluding hydrogens is 362 g/mol. The molecule has 1 aliphatic heterocycles. The number of hydrogen-bond donors (Lipinski definition) is 1. The third-order valence-electron chi connectivity index (χ3n) is 3.92. The fourth-order valence-electron chi connectivity index (χ4n) is 2.69. The normalized spacial score (nSPS) is 17.3. The van der Waals surface area contributed by atoms with E-state index >= 15 is 0 Å². The fourth-order valence-corrected chi connectivity index (χ4v) is 4.29. The van der Waals surface area contributed by atoms with Gasteiger partial charge >= 0.3 is 5.97 Å². The van der Waals surface area contributed by atoms with Crippen molar-refractivity contribution in [3.05, 3.63) is 28.6 Å². The Labute approximate surface area is 152 Å². The Bertz CT molecular complexity index is 772. The van der Waals surface area contributed by atoms with Gasteiger partial charge in [0.1, 0.15) is 11.0 Å². The molecule has 132 valence electrons. The van der Waals surface area contributed by atoms with Gasteiger partial charge in [0.05, 0.1) is 4.88 Å². The maximum Gasteiger partial charge on any atom is 0.358 e. The fraction of sp³-hybridized carbons (Fsp3) is 0.375. The smallest absolute Gasteiger partial charge is 0.358 e. The summed E-state index contributed by atoms with van der Waals surface area (Å²) in [6.45, 7) is 0.0255. The number of nitrogens with two attached hydrogens (primary N) is 1. The van der Waals surface area contributed by atoms with E-state index in [1.807, 2.05) is 17.5 Å². The van der Waals surface area contributed by atoms with Crippen molar-refractivity contribution < 1.29 is 19.1 Å². The van der Waals surface area contributed by atoms with E-state index < -0.39 is 30.4 Å². The Balaban J connectivity index is 1.58. The first-order valence-electron chi connectivity index (χ1n) is 7.81. The number of thiophene rings is 1. The summed E-state index contributed by atoms with van der Waals surface area (Å²) in [6.07, 6.45) is 2.20. The minimum Gasteiger partial charge on any atom is -0.451 e. The predicted molar refractivity (Wildman–Crippen MR) is 94.3 cm³/mol. The Hall–Kier alpha value is -2.26. The number of thiazole rings is 1. The third kappa shape index (κ3) is 4.05. The van der Waals surface area contributed by atoms with Crippen LogP contribution in [0.3, 0.4) is 0 Å². The lowest BCUT2D eigenvalue weighted by Gasteiger charge is -2.33. The molecule has 25 heavy (non-hydrogen) atoms. The minimum atomic E-state index is -0.653. The summed E-state index contributed by atoms with van der Waals surface area (Å²) in [5.41, 5.74) is 5.52. The average Bonchev–Trinajstić information content (AvgIpc) is 3.30. The van der Waals surface area contributed by atoms with Gasteiger partial charge in [-0.1, -0.05) is 6.07 Å². The van der Waals surface area contributed by atoms with Crippen molar-refractivity contribution in [3.8, 4) is 9.88 Å². The summed E-state index contributed by atoms with van der Waals surface area (Å²) in [7, 11) is 0. The van der Waals surface area contributed by atoms with Gasteiger partial charge in [0.25, 0.3) is 5.91 Å². The molecule has 7 nitrogen and oxygen atoms in total. The first kappa shape index (κ1) is 17.6. The lowest BCUT2D eigenvalue weighted by Crippen LogP contribution is -2.51. The SMILES string of the molecule is NC(=O)[C@@H]1CCCCN1C(=O)COC(=O)c1csc(-c2cccs2)n1. The van der Waals surface area contributed by atoms with Crippen LogP contribution in [0.5, 0.6) is 0 Å². The second kappa shape index (κ2) is 7.75. The second-order valence-electron chi connectivity index (χ2n) is 5.59. The summed E-state index contributed by atoms with van der Waals surface area (Å²) in [5.74, 6) is -1.59. The molecule has 9 heteroatoms. The summed E-state index contributed by atoms with van der Waals surface area (Å²) in [6, 6.07) is 3.21. The van der Waals surface area contributed by atoms with Crippen LogP contribution >= 0.6 is 22.7 Å². The monoisotopic (exact) mass is 379 g/mol. The molecule has 2 N–H and O–H groups in total. The molecule has 1 aliphatic rings. The number of aromatic nitrogens is 1. The van der Waals surface area contributed by atoms with Gasteiger partial charge in [0.2, 0.25) is 5.91 Å². The van der Waals surface area contributed by atoms with Gasteiger partial charge in [-0.3, -0.25) is 9.59 Å². The zero-order chi connectivity index (χ0) is 17.8. The number of amides is 2. The number of likely N-dealkylation sites (tertiary alicyclic amines) is 1. The highest BCUT2D eigenvalue weighted by Gasteiger charge is 2.31. The van der Waals surface area contributed by atoms with E-state index in [1.54, 1.807) is 5.38 Å². The van der Waals surface area contributed by atoms with Crippen molar-refractivity contribution in [3.63, 3.8) is 0 Å². The number of carbonyl (C=O) groups excluding carboxylic acids is 3. The Morgan fingerprint density at radius 1 is 1.32 bits per heavy atom. The molecule has 3 rings (SSSR count). The number of carbonyl (C=O) groups is 3. The molecule has 2 amide bonds. The highest BCUT2D eigenvalue weighted by atomic mass is 32.1. The third-order valence-corrected chi connectivity index (χ3v) is 5.80. The molecule has 1 fully saturated rings. The molecule has 0 unspecified atom stereocenters. The lowest BCUT2D eigenvalue weighted by atomic mass is 10.0. The van der Waals surface area contributed by atoms with Crippen molar-refractivity contribution in [2.45, 2.75) is 25.3 Å². The van der Waals surface area contributed by atoms with Crippen LogP contribution in [0, 0.1) is 0 Å². The molecule has 1 atom stereocenters. The van der Waals surface area contributed by atoms with E-state index in [9.17, 15) is 14.4 Å². The van der Waals surface area contributed by atoms with Crippen LogP contribution < -0.4 is 5.73 Å². The predicted octanol–water partition coefficient (Wildman–Crippen LogP) is 1.89. The van der Waals surface area contributed by atoms with Gasteiger partial charge in [0, 0.05) is 11.9 Å². The molecule has 0 saturated carbocycles. The molecule has 2 aromatic rings. The molecule has 3 heterocycles. The van der Waals surface area contributed by atoms with Gasteiger partial charge in [-0.05, 0) is 30.7 Å². The minimum absolute atomic E-state index is 0.172. The number of hydrogen-bond acceptors (Lipinski definition) is 7. The van der Waals surface area contributed by atoms with Crippen molar-refractivity contribution in [2.24, 2.45) is 5.73 Å². The zero-order valence-corrected chi connectivity index (χ0v) is 15.0. The molecule has 0 spiro atoms. The van der Waals surface area contributed by atoms with Crippen LogP contribution in [-0.2, 0) is 14.3 Å². The van der Waals surface area contributed by atoms with Gasteiger partial charge in [0.15, 0.2) is 12.3 Å². The zero-order valence-electron chi connectivity index (χ0n) is 13.3. The van der Waals surface area contributed by atoms with Gasteiger partial charge in [-0.25, -0.2) is 9.78 Å². The Morgan fingerprint density at radius 3 is 2.88 bits per heavy atom. The Kier molecular flexibility index (Phi) is 5.44. The number of rotatable bonds is 5. The number of ether oxygens (including phenoxy) is 1. The lowest BCUT2D eigenvalue weighted by molar-refractivity contribution is -0.143. The molecule has 2 aromatic heterocycles. The van der Waals surface area contributed by atoms with Crippen molar-refractivity contribution in [1.82, 2.24) is 9.88 Å². The summed E-state index contributed by atoms with van der Waals surface area (Å²) in [4.78, 5) is 42.4. The van der Waals surface area contributed by atoms with Crippen LogP contribution in [0.15, 0.2) is 22.9 Å². The highest BCUT2D eigenvalue weighted by Crippen LogP contribution is 2.28. The summed E-state index contributed by atoms with van der Waals surface area (Å²) < 4.78 is 5.07. The molecule has 0 radical (unpaired) electrons. The summed E-state index contributed by atoms with van der Waals surface area (Å²) in [5, 5.41) is 4.27. The maximum absolute atomic E-state index is 12.3. The van der Waals surface area contributed by atoms with E-state index in [0.717, 1.165) is 22.7 Å². The van der Waals surface area contributed by atoms with Crippen LogP contribution in [-0.4, -0.2) is 46.9 Å². The first-order valence-corrected chi connectivity index (χ1v) is 9.57. The average molecular weight is 379 g/mol. The highest BCUT2D eigenvalue weighted by molar-refractivity contribution is 7.20. The molecule has 0 aromatic carbocycles. The van der Waals surface area contributed by atoms with Gasteiger partial charge < -0.3 is 15.4 Å². The van der Waals surface area contributed by atoms with E-state index in [4.69, 9.17) is 10.5 Å². The van der Waals surface area contributed by atoms with Crippen LogP contribution in [0.25, 0.3) is 9.88 Å². The van der Waals surface area contributed by atoms with Crippen LogP contribution in [0.4, 0.5) is 0 Å². The quantitative estimate of drug-likeness (QED) is 0.799.